The van der Waals surface area contributed by atoms with Gasteiger partial charge in [0.1, 0.15) is 6.10 Å². The lowest BCUT2D eigenvalue weighted by molar-refractivity contribution is 0.0751. The van der Waals surface area contributed by atoms with Gasteiger partial charge in [-0.2, -0.15) is 4.98 Å². The van der Waals surface area contributed by atoms with Gasteiger partial charge in [-0.15, -0.1) is 0 Å². The molecule has 1 fully saturated rings. The minimum Gasteiger partial charge on any atom is -0.373 e. The second-order valence-electron chi connectivity index (χ2n) is 5.07. The fraction of sp³-hybridized carbons (Fsp3) is 0.833. The van der Waals surface area contributed by atoms with Crippen LogP contribution in [0.3, 0.4) is 0 Å². The largest absolute Gasteiger partial charge is 0.373 e. The summed E-state index contributed by atoms with van der Waals surface area (Å²) in [5, 5.41) is 4.04. The fourth-order valence-electron chi connectivity index (χ4n) is 1.89. The Morgan fingerprint density at radius 3 is 2.76 bits per heavy atom. The van der Waals surface area contributed by atoms with Crippen molar-refractivity contribution < 1.29 is 9.26 Å². The van der Waals surface area contributed by atoms with Crippen molar-refractivity contribution in [2.24, 2.45) is 11.7 Å². The van der Waals surface area contributed by atoms with E-state index < -0.39 is 0 Å². The molecule has 0 saturated heterocycles. The monoisotopic (exact) mass is 239 g/mol. The number of rotatable bonds is 6. The van der Waals surface area contributed by atoms with E-state index in [1.165, 1.54) is 12.8 Å². The molecule has 2 rings (SSSR count). The summed E-state index contributed by atoms with van der Waals surface area (Å²) in [6.07, 6.45) is 3.23. The van der Waals surface area contributed by atoms with Gasteiger partial charge in [0.25, 0.3) is 0 Å². The summed E-state index contributed by atoms with van der Waals surface area (Å²) in [6.45, 7) is 4.63. The number of methoxy groups -OCH3 is 1. The van der Waals surface area contributed by atoms with Crippen molar-refractivity contribution >= 4 is 0 Å². The SMILES string of the molecule is CCC(C)(CN)c1nc(C(OC)C2CC2)no1. The standard InChI is InChI=1S/C12H21N3O2/c1-4-12(2,7-13)11-14-10(15-17-11)9(16-3)8-5-6-8/h8-9H,4-7,13H2,1-3H3. The zero-order valence-electron chi connectivity index (χ0n) is 10.8. The van der Waals surface area contributed by atoms with E-state index in [9.17, 15) is 0 Å². The summed E-state index contributed by atoms with van der Waals surface area (Å²) < 4.78 is 10.8. The van der Waals surface area contributed by atoms with Crippen LogP contribution in [0.5, 0.6) is 0 Å². The lowest BCUT2D eigenvalue weighted by Crippen LogP contribution is -2.31. The summed E-state index contributed by atoms with van der Waals surface area (Å²) in [5.74, 6) is 1.84. The van der Waals surface area contributed by atoms with Crippen LogP contribution in [-0.2, 0) is 10.2 Å². The van der Waals surface area contributed by atoms with Gasteiger partial charge in [-0.05, 0) is 32.1 Å². The van der Waals surface area contributed by atoms with E-state index in [0.29, 0.717) is 24.2 Å². The molecule has 0 aliphatic heterocycles. The Bertz CT molecular complexity index is 370. The lowest BCUT2D eigenvalue weighted by atomic mass is 9.88. The van der Waals surface area contributed by atoms with E-state index in [0.717, 1.165) is 6.42 Å². The first-order chi connectivity index (χ1) is 8.14. The van der Waals surface area contributed by atoms with E-state index in [1.54, 1.807) is 7.11 Å². The summed E-state index contributed by atoms with van der Waals surface area (Å²) >= 11 is 0. The third kappa shape index (κ3) is 2.35. The Balaban J connectivity index is 2.19. The molecule has 0 radical (unpaired) electrons. The molecule has 1 aromatic rings. The molecule has 0 aromatic carbocycles. The maximum atomic E-state index is 5.78. The molecule has 0 bridgehead atoms. The van der Waals surface area contributed by atoms with Crippen LogP contribution in [0.25, 0.3) is 0 Å². The van der Waals surface area contributed by atoms with Crippen molar-refractivity contribution in [3.63, 3.8) is 0 Å². The predicted molar refractivity (Wildman–Crippen MR) is 63.5 cm³/mol. The van der Waals surface area contributed by atoms with E-state index in [1.807, 2.05) is 6.92 Å². The van der Waals surface area contributed by atoms with Gasteiger partial charge in [-0.25, -0.2) is 0 Å². The average Bonchev–Trinajstić information content (AvgIpc) is 3.06. The van der Waals surface area contributed by atoms with Gasteiger partial charge in [0.15, 0.2) is 0 Å². The van der Waals surface area contributed by atoms with Crippen LogP contribution in [-0.4, -0.2) is 23.8 Å². The molecule has 5 heteroatoms. The van der Waals surface area contributed by atoms with Gasteiger partial charge in [0.2, 0.25) is 11.7 Å². The van der Waals surface area contributed by atoms with Crippen LogP contribution in [0.2, 0.25) is 0 Å². The number of ether oxygens (including phenoxy) is 1. The second-order valence-corrected chi connectivity index (χ2v) is 5.07. The predicted octanol–water partition coefficient (Wildman–Crippen LogP) is 1.79. The van der Waals surface area contributed by atoms with Gasteiger partial charge in [0, 0.05) is 13.7 Å². The topological polar surface area (TPSA) is 74.2 Å². The van der Waals surface area contributed by atoms with Gasteiger partial charge in [-0.3, -0.25) is 0 Å². The molecule has 17 heavy (non-hydrogen) atoms. The molecule has 0 amide bonds. The van der Waals surface area contributed by atoms with E-state index in [2.05, 4.69) is 17.1 Å². The smallest absolute Gasteiger partial charge is 0.233 e. The van der Waals surface area contributed by atoms with Crippen molar-refractivity contribution in [3.8, 4) is 0 Å². The molecule has 2 N–H and O–H groups in total. The number of hydrogen-bond donors (Lipinski definition) is 1. The van der Waals surface area contributed by atoms with Gasteiger partial charge >= 0.3 is 0 Å². The third-order valence-electron chi connectivity index (χ3n) is 3.75. The van der Waals surface area contributed by atoms with E-state index in [4.69, 9.17) is 15.0 Å². The quantitative estimate of drug-likeness (QED) is 0.819. The molecule has 96 valence electrons. The molecule has 2 atom stereocenters. The molecule has 2 unspecified atom stereocenters. The normalized spacial score (nSPS) is 21.2. The van der Waals surface area contributed by atoms with Crippen LogP contribution < -0.4 is 5.73 Å². The molecule has 0 spiro atoms. The summed E-state index contributed by atoms with van der Waals surface area (Å²) in [4.78, 5) is 4.47. The summed E-state index contributed by atoms with van der Waals surface area (Å²) in [6, 6.07) is 0. The Morgan fingerprint density at radius 2 is 2.29 bits per heavy atom. The highest BCUT2D eigenvalue weighted by molar-refractivity contribution is 5.06. The van der Waals surface area contributed by atoms with Gasteiger partial charge in [-0.1, -0.05) is 12.1 Å². The maximum Gasteiger partial charge on any atom is 0.233 e. The minimum atomic E-state index is -0.229. The van der Waals surface area contributed by atoms with Crippen LogP contribution >= 0.6 is 0 Å². The van der Waals surface area contributed by atoms with Crippen LogP contribution in [0.15, 0.2) is 4.52 Å². The minimum absolute atomic E-state index is 0.0219. The van der Waals surface area contributed by atoms with Crippen LogP contribution in [0.4, 0.5) is 0 Å². The Labute approximate surface area is 102 Å². The highest BCUT2D eigenvalue weighted by atomic mass is 16.5. The molecule has 1 aliphatic rings. The van der Waals surface area contributed by atoms with Crippen molar-refractivity contribution in [1.82, 2.24) is 10.1 Å². The fourth-order valence-corrected chi connectivity index (χ4v) is 1.89. The second kappa shape index (κ2) is 4.74. The first kappa shape index (κ1) is 12.5. The molecule has 1 aliphatic carbocycles. The zero-order chi connectivity index (χ0) is 12.5. The Morgan fingerprint density at radius 1 is 1.59 bits per heavy atom. The molecule has 5 nitrogen and oxygen atoms in total. The summed E-state index contributed by atoms with van der Waals surface area (Å²) in [5.41, 5.74) is 5.55. The average molecular weight is 239 g/mol. The van der Waals surface area contributed by atoms with Crippen molar-refractivity contribution in [1.29, 1.82) is 0 Å². The van der Waals surface area contributed by atoms with Gasteiger partial charge in [0.05, 0.1) is 5.41 Å². The lowest BCUT2D eigenvalue weighted by Gasteiger charge is -2.20. The highest BCUT2D eigenvalue weighted by Crippen LogP contribution is 2.42. The first-order valence-electron chi connectivity index (χ1n) is 6.21. The number of hydrogen-bond acceptors (Lipinski definition) is 5. The van der Waals surface area contributed by atoms with Crippen molar-refractivity contribution in [2.75, 3.05) is 13.7 Å². The summed E-state index contributed by atoms with van der Waals surface area (Å²) in [7, 11) is 1.70. The highest BCUT2D eigenvalue weighted by Gasteiger charge is 2.37. The molecule has 1 aromatic heterocycles. The Hall–Kier alpha value is -0.940. The van der Waals surface area contributed by atoms with E-state index >= 15 is 0 Å². The maximum absolute atomic E-state index is 5.78. The van der Waals surface area contributed by atoms with Crippen molar-refractivity contribution in [3.05, 3.63) is 11.7 Å². The molecular formula is C12H21N3O2. The van der Waals surface area contributed by atoms with Crippen LogP contribution in [0.1, 0.15) is 50.9 Å². The Kier molecular flexibility index (Phi) is 3.49. The molecule has 1 saturated carbocycles. The van der Waals surface area contributed by atoms with Gasteiger partial charge < -0.3 is 15.0 Å². The number of aromatic nitrogens is 2. The zero-order valence-corrected chi connectivity index (χ0v) is 10.8. The third-order valence-corrected chi connectivity index (χ3v) is 3.75. The number of nitrogens with zero attached hydrogens (tertiary/aromatic N) is 2. The molecular weight excluding hydrogens is 218 g/mol. The van der Waals surface area contributed by atoms with E-state index in [-0.39, 0.29) is 11.5 Å². The van der Waals surface area contributed by atoms with Crippen molar-refractivity contribution in [2.45, 2.75) is 44.6 Å². The first-order valence-corrected chi connectivity index (χ1v) is 6.21. The van der Waals surface area contributed by atoms with Crippen LogP contribution in [0, 0.1) is 5.92 Å². The number of nitrogens with two attached hydrogens (primary N) is 1. The molecule has 1 heterocycles.